The third-order valence-electron chi connectivity index (χ3n) is 5.68. The van der Waals surface area contributed by atoms with Crippen molar-refractivity contribution in [3.63, 3.8) is 0 Å². The summed E-state index contributed by atoms with van der Waals surface area (Å²) in [7, 11) is 1.59. The Morgan fingerprint density at radius 2 is 1.56 bits per heavy atom. The second-order valence-electron chi connectivity index (χ2n) is 8.56. The van der Waals surface area contributed by atoms with Gasteiger partial charge in [-0.05, 0) is 67.1 Å². The molecule has 0 atom stereocenters. The first-order valence-corrected chi connectivity index (χ1v) is 12.4. The number of nitrogens with one attached hydrogen (secondary N) is 2. The van der Waals surface area contributed by atoms with Gasteiger partial charge >= 0.3 is 0 Å². The van der Waals surface area contributed by atoms with E-state index in [1.54, 1.807) is 61.7 Å². The van der Waals surface area contributed by atoms with Gasteiger partial charge in [-0.2, -0.15) is 0 Å². The number of para-hydroxylation sites is 2. The number of rotatable bonds is 12. The minimum absolute atomic E-state index is 0.103. The van der Waals surface area contributed by atoms with Crippen LogP contribution in [0.25, 0.3) is 6.08 Å². The van der Waals surface area contributed by atoms with Gasteiger partial charge in [0.25, 0.3) is 11.8 Å². The van der Waals surface area contributed by atoms with Crippen LogP contribution in [-0.2, 0) is 11.3 Å². The molecule has 0 aliphatic heterocycles. The standard InChI is InChI=1S/C31H30N2O6/c1-22-9-13-24(14-10-22)30(34)33-27(31(35)32-21-26-6-5-17-37-26)20-23-11-15-25(16-12-23)38-18-19-39-29-8-4-3-7-28(29)36-2/h3-17,20H,18-19,21H2,1-2H3,(H,32,35)(H,33,34). The van der Waals surface area contributed by atoms with E-state index >= 15 is 0 Å². The van der Waals surface area contributed by atoms with Crippen LogP contribution in [0.1, 0.15) is 27.2 Å². The smallest absolute Gasteiger partial charge is 0.268 e. The van der Waals surface area contributed by atoms with Crippen LogP contribution in [0, 0.1) is 6.92 Å². The molecule has 0 saturated heterocycles. The van der Waals surface area contributed by atoms with E-state index in [1.807, 2.05) is 43.3 Å². The van der Waals surface area contributed by atoms with Crippen molar-refractivity contribution in [2.75, 3.05) is 20.3 Å². The molecule has 8 nitrogen and oxygen atoms in total. The maximum atomic E-state index is 13.0. The molecule has 2 N–H and O–H groups in total. The van der Waals surface area contributed by atoms with Crippen LogP contribution in [0.15, 0.2) is 101 Å². The fraction of sp³-hybridized carbons (Fsp3) is 0.161. The zero-order chi connectivity index (χ0) is 27.5. The highest BCUT2D eigenvalue weighted by Crippen LogP contribution is 2.25. The van der Waals surface area contributed by atoms with Crippen molar-refractivity contribution in [2.45, 2.75) is 13.5 Å². The number of methoxy groups -OCH3 is 1. The van der Waals surface area contributed by atoms with Crippen LogP contribution in [0.4, 0.5) is 0 Å². The Kier molecular flexibility index (Phi) is 9.39. The summed E-state index contributed by atoms with van der Waals surface area (Å²) in [6.45, 7) is 2.80. The van der Waals surface area contributed by atoms with E-state index in [4.69, 9.17) is 18.6 Å². The summed E-state index contributed by atoms with van der Waals surface area (Å²) >= 11 is 0. The van der Waals surface area contributed by atoms with Crippen molar-refractivity contribution in [2.24, 2.45) is 0 Å². The predicted molar refractivity (Wildman–Crippen MR) is 148 cm³/mol. The lowest BCUT2D eigenvalue weighted by Crippen LogP contribution is -2.34. The number of hydrogen-bond donors (Lipinski definition) is 2. The van der Waals surface area contributed by atoms with E-state index in [0.29, 0.717) is 47.3 Å². The van der Waals surface area contributed by atoms with Crippen molar-refractivity contribution in [3.05, 3.63) is 119 Å². The lowest BCUT2D eigenvalue weighted by Gasteiger charge is -2.12. The summed E-state index contributed by atoms with van der Waals surface area (Å²) in [5.41, 5.74) is 2.29. The van der Waals surface area contributed by atoms with Crippen molar-refractivity contribution < 1.29 is 28.2 Å². The molecule has 0 aliphatic rings. The molecule has 0 bridgehead atoms. The Bertz CT molecular complexity index is 1390. The van der Waals surface area contributed by atoms with Crippen LogP contribution >= 0.6 is 0 Å². The van der Waals surface area contributed by atoms with Crippen LogP contribution in [0.2, 0.25) is 0 Å². The van der Waals surface area contributed by atoms with Crippen LogP contribution in [-0.4, -0.2) is 32.1 Å². The van der Waals surface area contributed by atoms with Gasteiger partial charge in [-0.1, -0.05) is 42.0 Å². The van der Waals surface area contributed by atoms with Gasteiger partial charge in [0.15, 0.2) is 11.5 Å². The monoisotopic (exact) mass is 526 g/mol. The lowest BCUT2D eigenvalue weighted by molar-refractivity contribution is -0.118. The fourth-order valence-electron chi connectivity index (χ4n) is 3.61. The third kappa shape index (κ3) is 8.00. The van der Waals surface area contributed by atoms with E-state index in [2.05, 4.69) is 10.6 Å². The second kappa shape index (κ2) is 13.5. The van der Waals surface area contributed by atoms with Gasteiger partial charge in [0.1, 0.15) is 30.4 Å². The predicted octanol–water partition coefficient (Wildman–Crippen LogP) is 5.14. The zero-order valence-electron chi connectivity index (χ0n) is 21.8. The Morgan fingerprint density at radius 1 is 0.846 bits per heavy atom. The van der Waals surface area contributed by atoms with Crippen LogP contribution in [0.3, 0.4) is 0 Å². The van der Waals surface area contributed by atoms with E-state index in [0.717, 1.165) is 5.56 Å². The molecule has 0 fully saturated rings. The molecular weight excluding hydrogens is 496 g/mol. The number of benzene rings is 3. The van der Waals surface area contributed by atoms with Gasteiger partial charge < -0.3 is 29.3 Å². The summed E-state index contributed by atoms with van der Waals surface area (Å²) in [6.07, 6.45) is 3.14. The molecule has 8 heteroatoms. The zero-order valence-corrected chi connectivity index (χ0v) is 21.8. The fourth-order valence-corrected chi connectivity index (χ4v) is 3.61. The van der Waals surface area contributed by atoms with Gasteiger partial charge in [-0.25, -0.2) is 0 Å². The van der Waals surface area contributed by atoms with Crippen molar-refractivity contribution in [1.82, 2.24) is 10.6 Å². The third-order valence-corrected chi connectivity index (χ3v) is 5.68. The average Bonchev–Trinajstić information content (AvgIpc) is 3.49. The molecule has 4 aromatic rings. The highest BCUT2D eigenvalue weighted by molar-refractivity contribution is 6.05. The molecule has 0 unspecified atom stereocenters. The molecule has 200 valence electrons. The van der Waals surface area contributed by atoms with Crippen molar-refractivity contribution in [3.8, 4) is 17.2 Å². The second-order valence-corrected chi connectivity index (χ2v) is 8.56. The molecule has 3 aromatic carbocycles. The van der Waals surface area contributed by atoms with Gasteiger partial charge in [0, 0.05) is 5.56 Å². The number of carbonyl (C=O) groups excluding carboxylic acids is 2. The number of aryl methyl sites for hydroxylation is 1. The van der Waals surface area contributed by atoms with Crippen LogP contribution in [0.5, 0.6) is 17.2 Å². The minimum atomic E-state index is -0.444. The molecule has 2 amide bonds. The summed E-state index contributed by atoms with van der Waals surface area (Å²) in [6, 6.07) is 25.2. The number of amides is 2. The Balaban J connectivity index is 1.39. The number of furan rings is 1. The first-order valence-electron chi connectivity index (χ1n) is 12.4. The van der Waals surface area contributed by atoms with Gasteiger partial charge in [0.05, 0.1) is 19.9 Å². The Hall–Kier alpha value is -4.98. The number of carbonyl (C=O) groups is 2. The molecule has 0 saturated carbocycles. The highest BCUT2D eigenvalue weighted by atomic mass is 16.5. The van der Waals surface area contributed by atoms with E-state index in [9.17, 15) is 9.59 Å². The highest BCUT2D eigenvalue weighted by Gasteiger charge is 2.15. The summed E-state index contributed by atoms with van der Waals surface area (Å²) in [5.74, 6) is 1.72. The molecule has 4 rings (SSSR count). The molecule has 39 heavy (non-hydrogen) atoms. The molecular formula is C31H30N2O6. The van der Waals surface area contributed by atoms with E-state index in [1.165, 1.54) is 6.26 Å². The summed E-state index contributed by atoms with van der Waals surface area (Å²) in [5, 5.41) is 5.51. The normalized spacial score (nSPS) is 11.0. The SMILES string of the molecule is COc1ccccc1OCCOc1ccc(C=C(NC(=O)c2ccc(C)cc2)C(=O)NCc2ccco2)cc1. The summed E-state index contributed by atoms with van der Waals surface area (Å²) in [4.78, 5) is 25.8. The van der Waals surface area contributed by atoms with Crippen LogP contribution < -0.4 is 24.8 Å². The maximum absolute atomic E-state index is 13.0. The Morgan fingerprint density at radius 3 is 2.26 bits per heavy atom. The molecule has 0 spiro atoms. The molecule has 1 heterocycles. The number of ether oxygens (including phenoxy) is 3. The topological polar surface area (TPSA) is 99.0 Å². The Labute approximate surface area is 227 Å². The van der Waals surface area contributed by atoms with Crippen molar-refractivity contribution >= 4 is 17.9 Å². The molecule has 0 aliphatic carbocycles. The van der Waals surface area contributed by atoms with Gasteiger partial charge in [-0.3, -0.25) is 9.59 Å². The average molecular weight is 527 g/mol. The van der Waals surface area contributed by atoms with E-state index in [-0.39, 0.29) is 18.1 Å². The minimum Gasteiger partial charge on any atom is -0.493 e. The van der Waals surface area contributed by atoms with Gasteiger partial charge in [0.2, 0.25) is 0 Å². The maximum Gasteiger partial charge on any atom is 0.268 e. The first-order chi connectivity index (χ1) is 19.0. The summed E-state index contributed by atoms with van der Waals surface area (Å²) < 4.78 is 22.1. The van der Waals surface area contributed by atoms with Gasteiger partial charge in [-0.15, -0.1) is 0 Å². The molecule has 1 aromatic heterocycles. The van der Waals surface area contributed by atoms with Crippen molar-refractivity contribution in [1.29, 1.82) is 0 Å². The molecule has 0 radical (unpaired) electrons. The first kappa shape index (κ1) is 27.1. The lowest BCUT2D eigenvalue weighted by atomic mass is 10.1. The quantitative estimate of drug-likeness (QED) is 0.196. The van der Waals surface area contributed by atoms with E-state index < -0.39 is 5.91 Å². The largest absolute Gasteiger partial charge is 0.493 e. The number of hydrogen-bond acceptors (Lipinski definition) is 6.